The fourth-order valence-electron chi connectivity index (χ4n) is 2.19. The molecule has 0 aliphatic heterocycles. The highest BCUT2D eigenvalue weighted by Crippen LogP contribution is 2.20. The highest BCUT2D eigenvalue weighted by Gasteiger charge is 2.12. The predicted octanol–water partition coefficient (Wildman–Crippen LogP) is 3.59. The van der Waals surface area contributed by atoms with E-state index in [4.69, 9.17) is 11.6 Å². The highest BCUT2D eigenvalue weighted by atomic mass is 35.5. The first-order chi connectivity index (χ1) is 11.0. The van der Waals surface area contributed by atoms with Gasteiger partial charge in [-0.2, -0.15) is 0 Å². The Kier molecular flexibility index (Phi) is 4.46. The first kappa shape index (κ1) is 16.1. The normalized spacial score (nSPS) is 11.5. The number of rotatable bonds is 4. The Morgan fingerprint density at radius 2 is 2.04 bits per heavy atom. The van der Waals surface area contributed by atoms with Crippen LogP contribution < -0.4 is 5.56 Å². The Morgan fingerprint density at radius 3 is 2.74 bits per heavy atom. The molecule has 2 aromatic heterocycles. The van der Waals surface area contributed by atoms with Crippen molar-refractivity contribution in [2.24, 2.45) is 5.92 Å². The fourth-order valence-corrected chi connectivity index (χ4v) is 3.17. The van der Waals surface area contributed by atoms with Crippen LogP contribution in [0.4, 0.5) is 0 Å². The van der Waals surface area contributed by atoms with E-state index in [-0.39, 0.29) is 5.56 Å². The van der Waals surface area contributed by atoms with Crippen LogP contribution in [-0.2, 0) is 0 Å². The number of hydrogen-bond acceptors (Lipinski definition) is 4. The molecule has 120 valence electrons. The lowest BCUT2D eigenvalue weighted by Gasteiger charge is -2.08. The van der Waals surface area contributed by atoms with E-state index in [0.29, 0.717) is 16.6 Å². The molecule has 0 unspecified atom stereocenters. The lowest BCUT2D eigenvalue weighted by molar-refractivity contribution is 0.746. The Balaban J connectivity index is 2.06. The summed E-state index contributed by atoms with van der Waals surface area (Å²) in [4.78, 5) is 12.7. The van der Waals surface area contributed by atoms with E-state index < -0.39 is 0 Å². The van der Waals surface area contributed by atoms with Gasteiger partial charge in [0.25, 0.3) is 0 Å². The van der Waals surface area contributed by atoms with Gasteiger partial charge in [-0.3, -0.25) is 13.8 Å². The molecular weight excluding hydrogens is 332 g/mol. The number of nitrogens with zero attached hydrogens (tertiary/aromatic N) is 4. The zero-order valence-corrected chi connectivity index (χ0v) is 14.7. The number of halogens is 1. The van der Waals surface area contributed by atoms with Gasteiger partial charge in [0.05, 0.1) is 0 Å². The molecule has 1 aromatic carbocycles. The van der Waals surface area contributed by atoms with Crippen LogP contribution in [0.15, 0.2) is 40.5 Å². The van der Waals surface area contributed by atoms with Crippen molar-refractivity contribution in [1.29, 1.82) is 0 Å². The minimum Gasteiger partial charge on any atom is -0.280 e. The van der Waals surface area contributed by atoms with Crippen LogP contribution in [-0.4, -0.2) is 24.9 Å². The number of hydrogen-bond donors (Lipinski definition) is 0. The van der Waals surface area contributed by atoms with Crippen molar-refractivity contribution in [1.82, 2.24) is 19.2 Å². The molecule has 3 rings (SSSR count). The summed E-state index contributed by atoms with van der Waals surface area (Å²) < 4.78 is 3.30. The highest BCUT2D eigenvalue weighted by molar-refractivity contribution is 7.99. The third kappa shape index (κ3) is 3.14. The van der Waals surface area contributed by atoms with Crippen molar-refractivity contribution in [2.75, 3.05) is 5.75 Å². The first-order valence-electron chi connectivity index (χ1n) is 7.33. The lowest BCUT2D eigenvalue weighted by atomic mass is 10.2. The molecular formula is C16H17ClN4OS. The monoisotopic (exact) mass is 348 g/mol. The summed E-state index contributed by atoms with van der Waals surface area (Å²) in [5, 5.41) is 9.61. The molecule has 0 radical (unpaired) electrons. The molecule has 0 aliphatic rings. The molecule has 23 heavy (non-hydrogen) atoms. The lowest BCUT2D eigenvalue weighted by Crippen LogP contribution is -2.20. The topological polar surface area (TPSA) is 52.2 Å². The van der Waals surface area contributed by atoms with E-state index in [1.54, 1.807) is 33.0 Å². The standard InChI is InChI=1S/C16H17ClN4OS/c1-10(2)9-23-16-19-18-14-15(22)20(6-7-21(14)16)12-4-5-13(17)11(3)8-12/h4-8,10H,9H2,1-3H3. The first-order valence-corrected chi connectivity index (χ1v) is 8.69. The molecule has 3 aromatic rings. The van der Waals surface area contributed by atoms with Crippen LogP contribution in [0.25, 0.3) is 11.3 Å². The maximum atomic E-state index is 12.7. The van der Waals surface area contributed by atoms with Crippen molar-refractivity contribution in [3.63, 3.8) is 0 Å². The molecule has 2 heterocycles. The average molecular weight is 349 g/mol. The Morgan fingerprint density at radius 1 is 1.26 bits per heavy atom. The van der Waals surface area contributed by atoms with Gasteiger partial charge >= 0.3 is 5.56 Å². The molecule has 5 nitrogen and oxygen atoms in total. The second-order valence-electron chi connectivity index (χ2n) is 5.79. The molecule has 0 atom stereocenters. The van der Waals surface area contributed by atoms with Crippen molar-refractivity contribution in [2.45, 2.75) is 25.9 Å². The van der Waals surface area contributed by atoms with Gasteiger partial charge in [-0.05, 0) is 36.6 Å². The smallest absolute Gasteiger partial charge is 0.280 e. The third-order valence-electron chi connectivity index (χ3n) is 3.40. The van der Waals surface area contributed by atoms with Gasteiger partial charge in [0.15, 0.2) is 5.16 Å². The molecule has 0 amide bonds. The van der Waals surface area contributed by atoms with Crippen LogP contribution >= 0.6 is 23.4 Å². The second-order valence-corrected chi connectivity index (χ2v) is 7.18. The Bertz CT molecular complexity index is 916. The average Bonchev–Trinajstić information content (AvgIpc) is 2.92. The molecule has 0 N–H and O–H groups in total. The molecule has 7 heteroatoms. The van der Waals surface area contributed by atoms with Gasteiger partial charge in [-0.1, -0.05) is 37.2 Å². The molecule has 0 saturated heterocycles. The molecule has 0 bridgehead atoms. The van der Waals surface area contributed by atoms with Gasteiger partial charge in [-0.15, -0.1) is 10.2 Å². The summed E-state index contributed by atoms with van der Waals surface area (Å²) >= 11 is 7.65. The van der Waals surface area contributed by atoms with Crippen LogP contribution in [0.1, 0.15) is 19.4 Å². The Hall–Kier alpha value is -1.79. The summed E-state index contributed by atoms with van der Waals surface area (Å²) in [5.74, 6) is 1.48. The largest absolute Gasteiger partial charge is 0.300 e. The van der Waals surface area contributed by atoms with Crippen molar-refractivity contribution < 1.29 is 0 Å². The van der Waals surface area contributed by atoms with E-state index >= 15 is 0 Å². The number of aromatic nitrogens is 4. The quantitative estimate of drug-likeness (QED) is 0.676. The van der Waals surface area contributed by atoms with E-state index in [1.165, 1.54) is 0 Å². The molecule has 0 saturated carbocycles. The van der Waals surface area contributed by atoms with Gasteiger partial charge in [0, 0.05) is 28.9 Å². The van der Waals surface area contributed by atoms with Crippen LogP contribution in [0, 0.1) is 12.8 Å². The molecule has 0 aliphatic carbocycles. The number of fused-ring (bicyclic) bond motifs is 1. The minimum atomic E-state index is -0.196. The van der Waals surface area contributed by atoms with Crippen molar-refractivity contribution in [3.05, 3.63) is 51.5 Å². The van der Waals surface area contributed by atoms with Gasteiger partial charge in [0.1, 0.15) is 0 Å². The van der Waals surface area contributed by atoms with Crippen molar-refractivity contribution in [3.8, 4) is 5.69 Å². The number of aryl methyl sites for hydroxylation is 1. The Labute approximate surface area is 143 Å². The zero-order chi connectivity index (χ0) is 16.6. The number of benzene rings is 1. The van der Waals surface area contributed by atoms with Gasteiger partial charge in [-0.25, -0.2) is 0 Å². The fraction of sp³-hybridized carbons (Fsp3) is 0.312. The van der Waals surface area contributed by atoms with Crippen molar-refractivity contribution >= 4 is 29.0 Å². The van der Waals surface area contributed by atoms with Crippen LogP contribution in [0.3, 0.4) is 0 Å². The third-order valence-corrected chi connectivity index (χ3v) is 5.20. The van der Waals surface area contributed by atoms with E-state index in [9.17, 15) is 4.79 Å². The van der Waals surface area contributed by atoms with E-state index in [1.807, 2.05) is 25.3 Å². The molecule has 0 fully saturated rings. The van der Waals surface area contributed by atoms with Gasteiger partial charge in [0.2, 0.25) is 5.65 Å². The summed E-state index contributed by atoms with van der Waals surface area (Å²) in [6, 6.07) is 5.49. The van der Waals surface area contributed by atoms with Crippen LogP contribution in [0.2, 0.25) is 5.02 Å². The zero-order valence-electron chi connectivity index (χ0n) is 13.2. The predicted molar refractivity (Wildman–Crippen MR) is 93.9 cm³/mol. The SMILES string of the molecule is Cc1cc(-n2ccn3c(SCC(C)C)nnc3c2=O)ccc1Cl. The number of thioether (sulfide) groups is 1. The maximum absolute atomic E-state index is 12.7. The van der Waals surface area contributed by atoms with E-state index in [2.05, 4.69) is 24.0 Å². The minimum absolute atomic E-state index is 0.196. The second kappa shape index (κ2) is 6.37. The summed E-state index contributed by atoms with van der Waals surface area (Å²) in [6.45, 7) is 6.20. The van der Waals surface area contributed by atoms with E-state index in [0.717, 1.165) is 22.2 Å². The summed E-state index contributed by atoms with van der Waals surface area (Å²) in [7, 11) is 0. The van der Waals surface area contributed by atoms with Gasteiger partial charge < -0.3 is 0 Å². The molecule has 0 spiro atoms. The van der Waals surface area contributed by atoms with Crippen LogP contribution in [0.5, 0.6) is 0 Å². The summed E-state index contributed by atoms with van der Waals surface area (Å²) in [5.41, 5.74) is 1.81. The summed E-state index contributed by atoms with van der Waals surface area (Å²) in [6.07, 6.45) is 3.56. The maximum Gasteiger partial charge on any atom is 0.300 e.